The van der Waals surface area contributed by atoms with Gasteiger partial charge in [0.15, 0.2) is 69.4 Å². The van der Waals surface area contributed by atoms with Crippen LogP contribution in [-0.4, -0.2) is 202 Å². The van der Waals surface area contributed by atoms with Gasteiger partial charge in [0.1, 0.15) is 56.0 Å². The van der Waals surface area contributed by atoms with Crippen LogP contribution in [0, 0.1) is 23.3 Å². The molecule has 4 aliphatic rings. The van der Waals surface area contributed by atoms with Gasteiger partial charge in [-0.1, -0.05) is 27.7 Å². The number of Topliss-reactive ketones (excluding diaryl/α,β-unsaturated/α-hetero) is 4. The molecule has 672 valence electrons. The molecule has 8 aromatic rings. The van der Waals surface area contributed by atoms with Crippen molar-refractivity contribution in [2.75, 3.05) is 100 Å². The number of anilines is 4. The Balaban J connectivity index is 0.000000277. The fourth-order valence-corrected chi connectivity index (χ4v) is 13.6. The third-order valence-corrected chi connectivity index (χ3v) is 19.5. The van der Waals surface area contributed by atoms with Crippen LogP contribution < -0.4 is 52.1 Å². The molecule has 12 rings (SSSR count). The van der Waals surface area contributed by atoms with E-state index in [0.29, 0.717) is 136 Å². The van der Waals surface area contributed by atoms with Gasteiger partial charge in [0.05, 0.1) is 38.9 Å². The summed E-state index contributed by atoms with van der Waals surface area (Å²) in [6.45, 7) is 20.7. The summed E-state index contributed by atoms with van der Waals surface area (Å²) < 4.78 is 88.5. The van der Waals surface area contributed by atoms with Gasteiger partial charge in [-0.2, -0.15) is 0 Å². The Hall–Kier alpha value is -11.1. The zero-order valence-electron chi connectivity index (χ0n) is 71.2. The van der Waals surface area contributed by atoms with E-state index in [1.165, 1.54) is 67.1 Å². The van der Waals surface area contributed by atoms with Gasteiger partial charge in [-0.05, 0) is 159 Å². The first-order valence-electron chi connectivity index (χ1n) is 40.9. The maximum Gasteiger partial charge on any atom is 0.376 e. The Kier molecular flexibility index (Phi) is 43.8. The highest BCUT2D eigenvalue weighted by Crippen LogP contribution is 2.32. The van der Waals surface area contributed by atoms with Crippen molar-refractivity contribution in [1.82, 2.24) is 35.9 Å². The zero-order chi connectivity index (χ0) is 89.1. The molecule has 3 amide bonds. The molecule has 16 N–H and O–H groups in total. The van der Waals surface area contributed by atoms with Crippen molar-refractivity contribution in [3.8, 4) is 23.0 Å². The van der Waals surface area contributed by atoms with E-state index in [1.54, 1.807) is 44.9 Å². The molecular weight excluding hydrogens is 1640 g/mol. The van der Waals surface area contributed by atoms with Gasteiger partial charge < -0.3 is 111 Å². The summed E-state index contributed by atoms with van der Waals surface area (Å²) >= 11 is 0. The van der Waals surface area contributed by atoms with E-state index < -0.39 is 74.1 Å². The van der Waals surface area contributed by atoms with Gasteiger partial charge >= 0.3 is 27.1 Å². The van der Waals surface area contributed by atoms with Gasteiger partial charge in [-0.25, -0.2) is 22.4 Å². The van der Waals surface area contributed by atoms with Crippen molar-refractivity contribution < 1.29 is 114 Å². The summed E-state index contributed by atoms with van der Waals surface area (Å²) in [5.74, 6) is -4.36. The molecule has 0 atom stereocenters. The van der Waals surface area contributed by atoms with Crippen molar-refractivity contribution >= 4 is 109 Å². The largest absolute Gasteiger partial charge is 0.489 e. The smallest absolute Gasteiger partial charge is 0.376 e. The number of furan rings is 2. The van der Waals surface area contributed by atoms with Crippen molar-refractivity contribution in [2.45, 2.75) is 158 Å². The van der Waals surface area contributed by atoms with E-state index in [0.717, 1.165) is 102 Å². The normalized spacial score (nSPS) is 12.7. The predicted molar refractivity (Wildman–Crippen MR) is 467 cm³/mol. The second-order valence-electron chi connectivity index (χ2n) is 29.1. The van der Waals surface area contributed by atoms with Crippen molar-refractivity contribution in [3.05, 3.63) is 188 Å². The number of carbonyl (C=O) groups excluding carboxylic acids is 7. The molecule has 39 heteroatoms. The maximum atomic E-state index is 14.4. The Labute approximate surface area is 725 Å². The molecular formula is C85H113B3ClF4N11O20. The summed E-state index contributed by atoms with van der Waals surface area (Å²) in [6.07, 6.45) is 16.7. The number of carboxylic acid groups (broad SMARTS) is 2. The van der Waals surface area contributed by atoms with Crippen molar-refractivity contribution in [3.63, 3.8) is 0 Å². The minimum absolute atomic E-state index is 0. The van der Waals surface area contributed by atoms with E-state index in [1.807, 2.05) is 35.2 Å². The number of carboxylic acids is 2. The molecule has 31 nitrogen and oxygen atoms in total. The number of H-pyrrole nitrogens is 2. The summed E-state index contributed by atoms with van der Waals surface area (Å²) in [5, 5.41) is 56.2. The second kappa shape index (κ2) is 52.5. The number of aliphatic carboxylic acids is 1. The van der Waals surface area contributed by atoms with E-state index in [2.05, 4.69) is 38.2 Å². The molecule has 0 saturated carbocycles. The Morgan fingerprint density at radius 2 is 0.774 bits per heavy atom. The summed E-state index contributed by atoms with van der Waals surface area (Å²) in [5.41, 5.74) is 10.5. The topological polar surface area (TPSA) is 468 Å². The minimum Gasteiger partial charge on any atom is -0.489 e. The minimum atomic E-state index is -1.10. The van der Waals surface area contributed by atoms with Crippen LogP contribution in [0.4, 0.5) is 40.3 Å². The highest BCUT2D eigenvalue weighted by molar-refractivity contribution is 6.46. The molecule has 0 aliphatic heterocycles. The van der Waals surface area contributed by atoms with E-state index in [-0.39, 0.29) is 112 Å². The van der Waals surface area contributed by atoms with Crippen molar-refractivity contribution in [2.24, 2.45) is 0 Å². The highest BCUT2D eigenvalue weighted by Gasteiger charge is 2.32. The molecule has 4 heterocycles. The number of aromatic amines is 2. The number of carbonyl (C=O) groups is 9. The van der Waals surface area contributed by atoms with Crippen LogP contribution in [0.1, 0.15) is 217 Å². The number of nitrogens with two attached hydrogens (primary N) is 1. The lowest BCUT2D eigenvalue weighted by atomic mass is 9.85. The predicted octanol–water partition coefficient (Wildman–Crippen LogP) is 13.6. The van der Waals surface area contributed by atoms with Crippen LogP contribution in [0.25, 0.3) is 0 Å². The monoisotopic (exact) mass is 1750 g/mol. The first-order valence-corrected chi connectivity index (χ1v) is 40.9. The zero-order valence-corrected chi connectivity index (χ0v) is 72.0. The average Bonchev–Trinajstić information content (AvgIpc) is 1.66. The van der Waals surface area contributed by atoms with Gasteiger partial charge in [0.25, 0.3) is 23.7 Å². The summed E-state index contributed by atoms with van der Waals surface area (Å²) in [4.78, 5) is 117. The molecule has 0 spiro atoms. The number of hydrogen-bond donors (Lipinski definition) is 13. The first-order chi connectivity index (χ1) is 58.4. The van der Waals surface area contributed by atoms with Crippen LogP contribution in [0.5, 0.6) is 23.0 Å². The third kappa shape index (κ3) is 31.3. The number of ether oxygens (including phenoxy) is 4. The van der Waals surface area contributed by atoms with Gasteiger partial charge in [-0.3, -0.25) is 38.4 Å². The molecule has 4 aromatic carbocycles. The van der Waals surface area contributed by atoms with E-state index >= 15 is 0 Å². The molecule has 0 bridgehead atoms. The molecule has 4 aromatic heterocycles. The second-order valence-corrected chi connectivity index (χ2v) is 29.1. The SMILES string of the molecule is CC(=O)O.CCCN(CCOc1ccc(N)cc1F)B(C)O.CCCN(CCOc1ccc(NC(=O)c2c[nH]c3c2C(=O)CCC3)cc1F)B(C)O.CCCN(CCOc1ccc(NC(=O)c2coc3c2C(=O)CCC3)cc1F)B(C)O.CCCNCCOc1ccc(NC(=O)c2c[nH]c3c2C(=O)CCC3)cc1F.Cl.N.O=C(O)c1coc2c1C(=O)CCC2. The third-order valence-electron chi connectivity index (χ3n) is 19.5. The molecule has 0 saturated heterocycles. The lowest BCUT2D eigenvalue weighted by molar-refractivity contribution is -0.134. The van der Waals surface area contributed by atoms with Crippen LogP contribution >= 0.6 is 12.4 Å². The number of rotatable bonds is 34. The number of aromatic carboxylic acids is 1. The number of aryl methyl sites for hydroxylation is 4. The lowest BCUT2D eigenvalue weighted by Crippen LogP contribution is -2.40. The first kappa shape index (κ1) is 103. The fourth-order valence-electron chi connectivity index (χ4n) is 13.6. The number of halogens is 5. The standard InChI is InChI=1S/C21H27BFN3O4.C21H26BFN2O5.C20H24FN3O3.C12H20BFN2O2.C9H8O4.C2H4O2.ClH.H3N/c1-3-9-26(22(2)29)10-11-30-19-8-7-14(12-16(19)23)25-21(28)15-13-24-17-5-4-6-18(27)20(15)17;1-3-9-25(22(2)28)10-11-29-18-8-7-14(12-16(18)23)24-21(27)15-13-30-19-6-4-5-17(26)20(15)19;1-2-8-22-9-10-27-18-7-6-13(11-15(18)21)24-20(26)14-12-23-16-4-3-5-17(25)19(14)16;1-3-6-16(13(2)17)7-8-18-12-5-4-10(15)9-11(12)14;10-6-2-1-3-7-8(6)5(4-13-7)9(11)12;1-2(3)4;;/h7-8,12-13,24,29H,3-6,9-11H2,1-2H3,(H,25,28);7-8,12-13,28H,3-6,9-11H2,1-2H3,(H,24,27);6-7,11-12,22-23H,2-5,8-10H2,1H3,(H,24,26);4-5,9,17H,3,6-8,15H2,1-2H3;4H,1-3H2,(H,11,12);1H3,(H,3,4);1H;1H3. The summed E-state index contributed by atoms with van der Waals surface area (Å²) in [7, 11) is -1.72. The maximum absolute atomic E-state index is 14.4. The summed E-state index contributed by atoms with van der Waals surface area (Å²) in [6, 6.07) is 16.9. The van der Waals surface area contributed by atoms with Crippen LogP contribution in [0.15, 0.2) is 107 Å². The molecule has 0 fully saturated rings. The van der Waals surface area contributed by atoms with Crippen LogP contribution in [0.2, 0.25) is 20.5 Å². The van der Waals surface area contributed by atoms with Crippen LogP contribution in [0.3, 0.4) is 0 Å². The van der Waals surface area contributed by atoms with Crippen LogP contribution in [-0.2, 0) is 30.5 Å². The van der Waals surface area contributed by atoms with E-state index in [9.17, 15) is 71.0 Å². The highest BCUT2D eigenvalue weighted by atomic mass is 35.5. The van der Waals surface area contributed by atoms with E-state index in [4.69, 9.17) is 48.5 Å². The number of hydrogen-bond acceptors (Lipinski definition) is 24. The number of benzene rings is 4. The fraction of sp³-hybridized carbons (Fsp3) is 0.424. The number of nitrogen functional groups attached to an aromatic ring is 1. The lowest BCUT2D eigenvalue weighted by Gasteiger charge is -2.22. The molecule has 124 heavy (non-hydrogen) atoms. The quantitative estimate of drug-likeness (QED) is 0.00771. The van der Waals surface area contributed by atoms with Gasteiger partial charge in [-0.15, -0.1) is 12.4 Å². The number of ketones is 4. The number of nitrogens with zero attached hydrogens (tertiary/aromatic N) is 3. The Morgan fingerprint density at radius 1 is 0.452 bits per heavy atom. The van der Waals surface area contributed by atoms with Gasteiger partial charge in [0.2, 0.25) is 0 Å². The Morgan fingerprint density at radius 3 is 1.11 bits per heavy atom. The molecule has 4 aliphatic carbocycles. The molecule has 0 radical (unpaired) electrons. The number of nitrogens with one attached hydrogen (secondary N) is 6. The van der Waals surface area contributed by atoms with Gasteiger partial charge in [0, 0.05) is 142 Å². The average molecular weight is 1750 g/mol. The number of aromatic nitrogens is 2. The number of fused-ring (bicyclic) bond motifs is 4. The molecule has 0 unspecified atom stereocenters. The Bertz CT molecular complexity index is 4700. The number of amides is 3. The van der Waals surface area contributed by atoms with Crippen molar-refractivity contribution in [1.29, 1.82) is 0 Å².